The highest BCUT2D eigenvalue weighted by molar-refractivity contribution is 5.89. The van der Waals surface area contributed by atoms with Crippen molar-refractivity contribution in [1.29, 1.82) is 0 Å². The molecule has 0 bridgehead atoms. The lowest BCUT2D eigenvalue weighted by Crippen LogP contribution is -2.34. The van der Waals surface area contributed by atoms with Crippen LogP contribution in [0.4, 0.5) is 10.5 Å². The van der Waals surface area contributed by atoms with E-state index in [0.717, 1.165) is 29.1 Å². The van der Waals surface area contributed by atoms with E-state index < -0.39 is 0 Å². The average molecular weight is 315 g/mol. The average Bonchev–Trinajstić information content (AvgIpc) is 3.14. The van der Waals surface area contributed by atoms with Crippen molar-refractivity contribution in [3.05, 3.63) is 47.3 Å². The molecule has 6 nitrogen and oxygen atoms in total. The number of hydrogen-bond donors (Lipinski definition) is 1. The van der Waals surface area contributed by atoms with Gasteiger partial charge in [0.15, 0.2) is 0 Å². The van der Waals surface area contributed by atoms with Gasteiger partial charge in [-0.2, -0.15) is 0 Å². The lowest BCUT2D eigenvalue weighted by Gasteiger charge is -2.17. The highest BCUT2D eigenvalue weighted by atomic mass is 16.5. The molecule has 0 aliphatic carbocycles. The molecule has 1 saturated heterocycles. The molecule has 1 aliphatic heterocycles. The zero-order chi connectivity index (χ0) is 16.2. The lowest BCUT2D eigenvalue weighted by atomic mass is 10.2. The normalized spacial score (nSPS) is 17.5. The Balaban J connectivity index is 1.49. The van der Waals surface area contributed by atoms with E-state index in [2.05, 4.69) is 10.5 Å². The molecular formula is C17H21N3O3. The van der Waals surface area contributed by atoms with Gasteiger partial charge in [0.2, 0.25) is 0 Å². The number of likely N-dealkylation sites (tertiary alicyclic amines) is 1. The van der Waals surface area contributed by atoms with Gasteiger partial charge in [-0.1, -0.05) is 23.4 Å². The third-order valence-electron chi connectivity index (χ3n) is 4.10. The van der Waals surface area contributed by atoms with Crippen molar-refractivity contribution in [3.8, 4) is 0 Å². The van der Waals surface area contributed by atoms with Crippen molar-refractivity contribution < 1.29 is 14.1 Å². The number of anilines is 1. The van der Waals surface area contributed by atoms with Crippen LogP contribution in [0.5, 0.6) is 0 Å². The van der Waals surface area contributed by atoms with Crippen LogP contribution in [-0.4, -0.2) is 35.3 Å². The Morgan fingerprint density at radius 1 is 1.39 bits per heavy atom. The molecule has 0 spiro atoms. The van der Waals surface area contributed by atoms with Gasteiger partial charge < -0.3 is 19.5 Å². The summed E-state index contributed by atoms with van der Waals surface area (Å²) < 4.78 is 11.0. The Hall–Kier alpha value is -2.34. The van der Waals surface area contributed by atoms with E-state index in [1.807, 2.05) is 44.2 Å². The van der Waals surface area contributed by atoms with Gasteiger partial charge in [-0.25, -0.2) is 4.79 Å². The fraction of sp³-hybridized carbons (Fsp3) is 0.412. The minimum Gasteiger partial charge on any atom is -0.371 e. The number of amides is 2. The van der Waals surface area contributed by atoms with Gasteiger partial charge in [-0.3, -0.25) is 0 Å². The smallest absolute Gasteiger partial charge is 0.321 e. The number of hydrogen-bond acceptors (Lipinski definition) is 4. The summed E-state index contributed by atoms with van der Waals surface area (Å²) in [5.41, 5.74) is 2.66. The van der Waals surface area contributed by atoms with Gasteiger partial charge in [0.1, 0.15) is 5.76 Å². The molecule has 2 amide bonds. The quantitative estimate of drug-likeness (QED) is 0.941. The molecule has 1 atom stereocenters. The van der Waals surface area contributed by atoms with E-state index in [9.17, 15) is 4.79 Å². The number of nitrogens with zero attached hydrogens (tertiary/aromatic N) is 2. The number of carbonyl (C=O) groups is 1. The number of rotatable bonds is 4. The summed E-state index contributed by atoms with van der Waals surface area (Å²) in [5.74, 6) is 0.791. The second-order valence-electron chi connectivity index (χ2n) is 5.77. The number of ether oxygens (including phenoxy) is 1. The highest BCUT2D eigenvalue weighted by Gasteiger charge is 2.27. The summed E-state index contributed by atoms with van der Waals surface area (Å²) in [6, 6.07) is 9.38. The molecule has 1 N–H and O–H groups in total. The van der Waals surface area contributed by atoms with Crippen LogP contribution >= 0.6 is 0 Å². The van der Waals surface area contributed by atoms with Crippen LogP contribution in [0.15, 0.2) is 34.9 Å². The number of aryl methyl sites for hydroxylation is 2. The summed E-state index contributed by atoms with van der Waals surface area (Å²) in [6.07, 6.45) is 0.885. The van der Waals surface area contributed by atoms with Crippen LogP contribution in [0.2, 0.25) is 0 Å². The van der Waals surface area contributed by atoms with Crippen LogP contribution in [0, 0.1) is 13.8 Å². The molecule has 1 aromatic carbocycles. The molecule has 3 rings (SSSR count). The van der Waals surface area contributed by atoms with Crippen molar-refractivity contribution in [3.63, 3.8) is 0 Å². The maximum Gasteiger partial charge on any atom is 0.321 e. The second kappa shape index (κ2) is 6.83. The Morgan fingerprint density at radius 2 is 2.17 bits per heavy atom. The van der Waals surface area contributed by atoms with Gasteiger partial charge in [-0.15, -0.1) is 0 Å². The molecule has 0 saturated carbocycles. The molecular weight excluding hydrogens is 294 g/mol. The SMILES string of the molecule is Cc1noc(C)c1CO[C@@H]1CCN(C(=O)Nc2ccccc2)C1. The molecule has 0 radical (unpaired) electrons. The van der Waals surface area contributed by atoms with Crippen LogP contribution in [0.25, 0.3) is 0 Å². The number of urea groups is 1. The predicted molar refractivity (Wildman–Crippen MR) is 86.2 cm³/mol. The topological polar surface area (TPSA) is 67.6 Å². The summed E-state index contributed by atoms with van der Waals surface area (Å²) in [6.45, 7) is 5.56. The zero-order valence-electron chi connectivity index (χ0n) is 13.4. The van der Waals surface area contributed by atoms with Crippen LogP contribution in [0.3, 0.4) is 0 Å². The molecule has 2 aromatic rings. The van der Waals surface area contributed by atoms with Crippen LogP contribution < -0.4 is 5.32 Å². The number of carbonyl (C=O) groups excluding carboxylic acids is 1. The number of benzene rings is 1. The Kier molecular flexibility index (Phi) is 4.62. The van der Waals surface area contributed by atoms with Crippen molar-refractivity contribution in [2.24, 2.45) is 0 Å². The van der Waals surface area contributed by atoms with Crippen LogP contribution in [-0.2, 0) is 11.3 Å². The van der Waals surface area contributed by atoms with E-state index in [0.29, 0.717) is 19.7 Å². The van der Waals surface area contributed by atoms with Gasteiger partial charge >= 0.3 is 6.03 Å². The zero-order valence-corrected chi connectivity index (χ0v) is 13.4. The molecule has 122 valence electrons. The van der Waals surface area contributed by atoms with E-state index in [1.54, 1.807) is 4.90 Å². The summed E-state index contributed by atoms with van der Waals surface area (Å²) in [4.78, 5) is 14.0. The first-order chi connectivity index (χ1) is 11.1. The molecule has 1 aromatic heterocycles. The summed E-state index contributed by atoms with van der Waals surface area (Å²) in [7, 11) is 0. The number of aromatic nitrogens is 1. The second-order valence-corrected chi connectivity index (χ2v) is 5.77. The predicted octanol–water partition coefficient (Wildman–Crippen LogP) is 3.11. The van der Waals surface area contributed by atoms with E-state index in [-0.39, 0.29) is 12.1 Å². The van der Waals surface area contributed by atoms with Gasteiger partial charge in [0.25, 0.3) is 0 Å². The first-order valence-corrected chi connectivity index (χ1v) is 7.78. The van der Waals surface area contributed by atoms with E-state index in [4.69, 9.17) is 9.26 Å². The molecule has 23 heavy (non-hydrogen) atoms. The number of nitrogens with one attached hydrogen (secondary N) is 1. The molecule has 1 fully saturated rings. The van der Waals surface area contributed by atoms with Crippen molar-refractivity contribution in [2.45, 2.75) is 33.0 Å². The van der Waals surface area contributed by atoms with Gasteiger partial charge in [0, 0.05) is 24.3 Å². The summed E-state index contributed by atoms with van der Waals surface area (Å²) in [5, 5.41) is 6.82. The van der Waals surface area contributed by atoms with Crippen molar-refractivity contribution >= 4 is 11.7 Å². The van der Waals surface area contributed by atoms with Gasteiger partial charge in [0.05, 0.1) is 18.4 Å². The maximum absolute atomic E-state index is 12.2. The first-order valence-electron chi connectivity index (χ1n) is 7.78. The minimum atomic E-state index is -0.0837. The monoisotopic (exact) mass is 315 g/mol. The minimum absolute atomic E-state index is 0.0465. The highest BCUT2D eigenvalue weighted by Crippen LogP contribution is 2.19. The standard InChI is InChI=1S/C17H21N3O3/c1-12-16(13(2)23-19-12)11-22-15-8-9-20(10-15)17(21)18-14-6-4-3-5-7-14/h3-7,15H,8-11H2,1-2H3,(H,18,21)/t15-/m1/s1. The number of para-hydroxylation sites is 1. The third-order valence-corrected chi connectivity index (χ3v) is 4.10. The Bertz CT molecular complexity index is 649. The fourth-order valence-electron chi connectivity index (χ4n) is 2.68. The molecule has 1 aliphatic rings. The van der Waals surface area contributed by atoms with E-state index in [1.165, 1.54) is 0 Å². The molecule has 2 heterocycles. The first kappa shape index (κ1) is 15.6. The van der Waals surface area contributed by atoms with Gasteiger partial charge in [-0.05, 0) is 32.4 Å². The maximum atomic E-state index is 12.2. The Labute approximate surface area is 135 Å². The van der Waals surface area contributed by atoms with Crippen molar-refractivity contribution in [1.82, 2.24) is 10.1 Å². The largest absolute Gasteiger partial charge is 0.371 e. The van der Waals surface area contributed by atoms with Crippen LogP contribution in [0.1, 0.15) is 23.4 Å². The lowest BCUT2D eigenvalue weighted by molar-refractivity contribution is 0.0482. The summed E-state index contributed by atoms with van der Waals surface area (Å²) >= 11 is 0. The van der Waals surface area contributed by atoms with Crippen molar-refractivity contribution in [2.75, 3.05) is 18.4 Å². The Morgan fingerprint density at radius 3 is 2.87 bits per heavy atom. The third kappa shape index (κ3) is 3.71. The molecule has 6 heteroatoms. The van der Waals surface area contributed by atoms with E-state index >= 15 is 0 Å². The molecule has 0 unspecified atom stereocenters. The fourth-order valence-corrected chi connectivity index (χ4v) is 2.68.